The predicted molar refractivity (Wildman–Crippen MR) is 159 cm³/mol. The van der Waals surface area contributed by atoms with Crippen molar-refractivity contribution in [2.75, 3.05) is 24.2 Å². The van der Waals surface area contributed by atoms with Crippen molar-refractivity contribution in [2.45, 2.75) is 52.7 Å². The highest BCUT2D eigenvalue weighted by Gasteiger charge is 2.33. The zero-order chi connectivity index (χ0) is 29.4. The molecule has 0 aromatic heterocycles. The average molecular weight is 566 g/mol. The Bertz CT molecular complexity index is 1420. The van der Waals surface area contributed by atoms with Crippen molar-refractivity contribution in [1.29, 1.82) is 0 Å². The molecule has 0 saturated carbocycles. The number of nitrogens with one attached hydrogen (secondary N) is 1. The van der Waals surface area contributed by atoms with Crippen LogP contribution in [0.4, 0.5) is 5.69 Å². The van der Waals surface area contributed by atoms with Gasteiger partial charge in [-0.1, -0.05) is 54.6 Å². The SMILES string of the molecule is COc1cccc(CN(C(=O)CN(c2cccc(C)c2C)S(C)(=O)=O)C(Cc2ccccc2)C(=O)NC(C)C)c1. The van der Waals surface area contributed by atoms with Crippen molar-refractivity contribution >= 4 is 27.5 Å². The van der Waals surface area contributed by atoms with E-state index >= 15 is 0 Å². The van der Waals surface area contributed by atoms with Gasteiger partial charge in [0, 0.05) is 19.0 Å². The van der Waals surface area contributed by atoms with Crippen molar-refractivity contribution in [1.82, 2.24) is 10.2 Å². The summed E-state index contributed by atoms with van der Waals surface area (Å²) in [5, 5.41) is 2.95. The van der Waals surface area contributed by atoms with Gasteiger partial charge in [-0.25, -0.2) is 8.42 Å². The summed E-state index contributed by atoms with van der Waals surface area (Å²) in [6.45, 7) is 7.07. The first kappa shape index (κ1) is 30.7. The van der Waals surface area contributed by atoms with Gasteiger partial charge in [0.05, 0.1) is 19.1 Å². The Kier molecular flexibility index (Phi) is 10.3. The van der Waals surface area contributed by atoms with E-state index in [-0.39, 0.29) is 24.9 Å². The quantitative estimate of drug-likeness (QED) is 0.354. The van der Waals surface area contributed by atoms with E-state index in [0.717, 1.165) is 32.8 Å². The van der Waals surface area contributed by atoms with Gasteiger partial charge >= 0.3 is 0 Å². The number of amides is 2. The van der Waals surface area contributed by atoms with Crippen LogP contribution in [0.15, 0.2) is 72.8 Å². The fraction of sp³-hybridized carbons (Fsp3) is 0.355. The largest absolute Gasteiger partial charge is 0.497 e. The Morgan fingerprint density at radius 2 is 1.57 bits per heavy atom. The summed E-state index contributed by atoms with van der Waals surface area (Å²) in [6.07, 6.45) is 1.35. The maximum absolute atomic E-state index is 14.2. The molecule has 0 aliphatic heterocycles. The van der Waals surface area contributed by atoms with E-state index in [4.69, 9.17) is 4.74 Å². The van der Waals surface area contributed by atoms with Crippen LogP contribution in [0.3, 0.4) is 0 Å². The number of carbonyl (C=O) groups excluding carboxylic acids is 2. The van der Waals surface area contributed by atoms with E-state index in [2.05, 4.69) is 5.32 Å². The molecule has 1 atom stereocenters. The molecule has 3 aromatic carbocycles. The number of hydrogen-bond acceptors (Lipinski definition) is 5. The predicted octanol–water partition coefficient (Wildman–Crippen LogP) is 4.24. The van der Waals surface area contributed by atoms with Crippen LogP contribution in [0.1, 0.15) is 36.1 Å². The summed E-state index contributed by atoms with van der Waals surface area (Å²) in [4.78, 5) is 29.2. The lowest BCUT2D eigenvalue weighted by atomic mass is 10.0. The van der Waals surface area contributed by atoms with Crippen molar-refractivity contribution in [3.05, 3.63) is 95.1 Å². The molecule has 0 spiro atoms. The summed E-state index contributed by atoms with van der Waals surface area (Å²) >= 11 is 0. The molecule has 0 aliphatic rings. The van der Waals surface area contributed by atoms with Gasteiger partial charge in [-0.15, -0.1) is 0 Å². The lowest BCUT2D eigenvalue weighted by molar-refractivity contribution is -0.140. The summed E-state index contributed by atoms with van der Waals surface area (Å²) in [6, 6.07) is 21.0. The fourth-order valence-corrected chi connectivity index (χ4v) is 5.40. The highest BCUT2D eigenvalue weighted by atomic mass is 32.2. The Balaban J connectivity index is 2.10. The second-order valence-corrected chi connectivity index (χ2v) is 12.1. The van der Waals surface area contributed by atoms with Crippen LogP contribution in [0, 0.1) is 13.8 Å². The van der Waals surface area contributed by atoms with Gasteiger partial charge in [-0.3, -0.25) is 13.9 Å². The van der Waals surface area contributed by atoms with Crippen molar-refractivity contribution in [3.63, 3.8) is 0 Å². The smallest absolute Gasteiger partial charge is 0.244 e. The zero-order valence-electron chi connectivity index (χ0n) is 24.0. The molecule has 0 heterocycles. The number of methoxy groups -OCH3 is 1. The van der Waals surface area contributed by atoms with E-state index in [9.17, 15) is 18.0 Å². The summed E-state index contributed by atoms with van der Waals surface area (Å²) < 4.78 is 32.5. The van der Waals surface area contributed by atoms with Gasteiger partial charge < -0.3 is 15.0 Å². The van der Waals surface area contributed by atoms with Gasteiger partial charge in [0.25, 0.3) is 0 Å². The van der Waals surface area contributed by atoms with Gasteiger partial charge in [-0.2, -0.15) is 0 Å². The number of ether oxygens (including phenoxy) is 1. The Morgan fingerprint density at radius 1 is 0.925 bits per heavy atom. The topological polar surface area (TPSA) is 96.0 Å². The number of hydrogen-bond donors (Lipinski definition) is 1. The summed E-state index contributed by atoms with van der Waals surface area (Å²) in [7, 11) is -2.27. The van der Waals surface area contributed by atoms with Crippen LogP contribution in [-0.2, 0) is 32.6 Å². The maximum atomic E-state index is 14.2. The van der Waals surface area contributed by atoms with Gasteiger partial charge in [0.15, 0.2) is 0 Å². The molecule has 1 unspecified atom stereocenters. The van der Waals surface area contributed by atoms with E-state index in [1.54, 1.807) is 31.4 Å². The van der Waals surface area contributed by atoms with Crippen molar-refractivity contribution in [2.24, 2.45) is 0 Å². The fourth-order valence-electron chi connectivity index (χ4n) is 4.50. The van der Waals surface area contributed by atoms with Crippen molar-refractivity contribution < 1.29 is 22.7 Å². The van der Waals surface area contributed by atoms with Gasteiger partial charge in [-0.05, 0) is 68.1 Å². The molecule has 0 radical (unpaired) electrons. The average Bonchev–Trinajstić information content (AvgIpc) is 2.90. The minimum absolute atomic E-state index is 0.0868. The minimum atomic E-state index is -3.83. The van der Waals surface area contributed by atoms with Gasteiger partial charge in [0.1, 0.15) is 18.3 Å². The summed E-state index contributed by atoms with van der Waals surface area (Å²) in [5.74, 6) is -0.189. The molecule has 2 amide bonds. The van der Waals surface area contributed by atoms with Crippen LogP contribution in [0.5, 0.6) is 5.75 Å². The number of sulfonamides is 1. The van der Waals surface area contributed by atoms with Crippen LogP contribution in [-0.4, -0.2) is 57.1 Å². The Hall–Kier alpha value is -3.85. The zero-order valence-corrected chi connectivity index (χ0v) is 24.9. The number of rotatable bonds is 12. The molecule has 214 valence electrons. The molecule has 0 fully saturated rings. The first-order valence-electron chi connectivity index (χ1n) is 13.2. The molecule has 0 saturated heterocycles. The Morgan fingerprint density at radius 3 is 2.20 bits per heavy atom. The number of anilines is 1. The molecule has 0 bridgehead atoms. The monoisotopic (exact) mass is 565 g/mol. The first-order valence-corrected chi connectivity index (χ1v) is 15.1. The number of carbonyl (C=O) groups is 2. The van der Waals surface area contributed by atoms with E-state index in [1.807, 2.05) is 76.2 Å². The molecule has 3 aromatic rings. The van der Waals surface area contributed by atoms with E-state index in [1.165, 1.54) is 4.90 Å². The minimum Gasteiger partial charge on any atom is -0.497 e. The van der Waals surface area contributed by atoms with Crippen molar-refractivity contribution in [3.8, 4) is 5.75 Å². The second-order valence-electron chi connectivity index (χ2n) is 10.2. The number of nitrogens with zero attached hydrogens (tertiary/aromatic N) is 2. The molecule has 1 N–H and O–H groups in total. The maximum Gasteiger partial charge on any atom is 0.244 e. The normalized spacial score (nSPS) is 12.1. The lowest BCUT2D eigenvalue weighted by Crippen LogP contribution is -2.54. The number of benzene rings is 3. The lowest BCUT2D eigenvalue weighted by Gasteiger charge is -2.34. The highest BCUT2D eigenvalue weighted by molar-refractivity contribution is 7.92. The first-order chi connectivity index (χ1) is 18.9. The van der Waals surface area contributed by atoms with E-state index in [0.29, 0.717) is 11.4 Å². The molecule has 40 heavy (non-hydrogen) atoms. The molecule has 9 heteroatoms. The third kappa shape index (κ3) is 8.08. The third-order valence-electron chi connectivity index (χ3n) is 6.71. The Labute approximate surface area is 238 Å². The standard InChI is InChI=1S/C31H39N3O5S/c1-22(2)32-31(36)29(19-25-13-8-7-9-14-25)33(20-26-15-11-16-27(18-26)39-5)30(35)21-34(40(6,37)38)28-17-10-12-23(3)24(28)4/h7-18,22,29H,19-21H2,1-6H3,(H,32,36). The van der Waals surface area contributed by atoms with Gasteiger partial charge in [0.2, 0.25) is 21.8 Å². The third-order valence-corrected chi connectivity index (χ3v) is 7.84. The molecular formula is C31H39N3O5S. The molecular weight excluding hydrogens is 526 g/mol. The van der Waals surface area contributed by atoms with Crippen LogP contribution < -0.4 is 14.4 Å². The summed E-state index contributed by atoms with van der Waals surface area (Å²) in [5.41, 5.74) is 3.73. The number of aryl methyl sites for hydroxylation is 1. The van der Waals surface area contributed by atoms with Crippen LogP contribution in [0.2, 0.25) is 0 Å². The van der Waals surface area contributed by atoms with E-state index < -0.39 is 28.5 Å². The second kappa shape index (κ2) is 13.5. The highest BCUT2D eigenvalue weighted by Crippen LogP contribution is 2.26. The molecule has 0 aliphatic carbocycles. The molecule has 3 rings (SSSR count). The van der Waals surface area contributed by atoms with Crippen LogP contribution in [0.25, 0.3) is 0 Å². The molecule has 8 nitrogen and oxygen atoms in total. The van der Waals surface area contributed by atoms with Crippen LogP contribution >= 0.6 is 0 Å².